The van der Waals surface area contributed by atoms with Crippen LogP contribution < -0.4 is 25.8 Å². The van der Waals surface area contributed by atoms with Gasteiger partial charge in [0, 0.05) is 82.7 Å². The van der Waals surface area contributed by atoms with Crippen LogP contribution in [-0.4, -0.2) is 170 Å². The number of hydrogen-bond donors (Lipinski definition) is 5. The number of piperazine rings is 1. The summed E-state index contributed by atoms with van der Waals surface area (Å²) in [4.78, 5) is 72.5. The highest BCUT2D eigenvalue weighted by atomic mass is 19.4. The van der Waals surface area contributed by atoms with E-state index in [2.05, 4.69) is 46.9 Å². The van der Waals surface area contributed by atoms with Crippen LogP contribution in [0.15, 0.2) is 53.1 Å². The number of aliphatic imine (C=N–C) groups is 1. The Hall–Kier alpha value is -6.35. The van der Waals surface area contributed by atoms with Crippen molar-refractivity contribution in [3.8, 4) is 17.3 Å². The van der Waals surface area contributed by atoms with Gasteiger partial charge >= 0.3 is 12.2 Å². The van der Waals surface area contributed by atoms with Crippen LogP contribution in [0.2, 0.25) is 0 Å². The lowest BCUT2D eigenvalue weighted by Crippen LogP contribution is -2.58. The number of urea groups is 1. The Morgan fingerprint density at radius 1 is 1.09 bits per heavy atom. The molecule has 0 bridgehead atoms. The van der Waals surface area contributed by atoms with Gasteiger partial charge in [-0.25, -0.2) is 34.7 Å². The van der Waals surface area contributed by atoms with Crippen LogP contribution in [0.25, 0.3) is 11.3 Å². The van der Waals surface area contributed by atoms with Crippen molar-refractivity contribution in [2.24, 2.45) is 4.99 Å². The third-order valence-electron chi connectivity index (χ3n) is 12.0. The molecule has 3 amide bonds. The highest BCUT2D eigenvalue weighted by molar-refractivity contribution is 6.13. The number of carbonyl (C=O) groups is 3. The van der Waals surface area contributed by atoms with Crippen molar-refractivity contribution >= 4 is 41.7 Å². The molecule has 0 aromatic carbocycles. The topological polar surface area (TPSA) is 251 Å². The zero-order valence-corrected chi connectivity index (χ0v) is 37.0. The van der Waals surface area contributed by atoms with E-state index < -0.39 is 41.8 Å². The number of pyridine rings is 1. The standard InChI is InChI=1S/C43H53F3N14O6/c1-5-10-49-30(16-47)25(2)21-60-38-28(37(64)42(60,3)4)7-8-29(54-38)26-17-52-40(53-18-26)57-14-15-59-27(22-57)23-58(41(59)65)13-6-11-50-34(61)20-48-19-32-36(63)35(62)31(24-66-32)55-39-51-12-9-33(56-39)43(44,45)46/h7-10,12,17-18,27,31-32,35-36,48,62-63H,5-6,11,13-15,19-24H2,1-4H3,(H,50,61)(H,51,55,56)/b30-25+,49-10?/t27-,31-,32+,35+,36-/m0/s1. The van der Waals surface area contributed by atoms with E-state index in [1.807, 2.05) is 42.4 Å². The van der Waals surface area contributed by atoms with Gasteiger partial charge in [-0.2, -0.15) is 18.4 Å². The van der Waals surface area contributed by atoms with E-state index in [1.165, 1.54) is 0 Å². The number of hydrogen-bond acceptors (Lipinski definition) is 17. The normalized spacial score (nSPS) is 23.2. The lowest BCUT2D eigenvalue weighted by molar-refractivity contribution is -0.141. The molecule has 4 aliphatic rings. The molecule has 5 N–H and O–H groups in total. The molecule has 352 valence electrons. The van der Waals surface area contributed by atoms with Crippen LogP contribution in [0.4, 0.5) is 35.7 Å². The number of alkyl halides is 3. The number of ether oxygens (including phenoxy) is 1. The number of Topliss-reactive ketones (excluding diaryl/α,β-unsaturated/α-hetero) is 1. The van der Waals surface area contributed by atoms with Gasteiger partial charge in [0.15, 0.2) is 5.78 Å². The molecule has 3 aromatic heterocycles. The predicted octanol–water partition coefficient (Wildman–Crippen LogP) is 2.03. The van der Waals surface area contributed by atoms with Crippen LogP contribution in [-0.2, 0) is 15.7 Å². The lowest BCUT2D eigenvalue weighted by atomic mass is 9.97. The molecule has 3 saturated heterocycles. The summed E-state index contributed by atoms with van der Waals surface area (Å²) in [7, 11) is 0. The Kier molecular flexibility index (Phi) is 14.4. The number of nitriles is 1. The second-order valence-electron chi connectivity index (χ2n) is 17.0. The average Bonchev–Trinajstić information content (AvgIpc) is 3.71. The summed E-state index contributed by atoms with van der Waals surface area (Å²) in [6, 6.07) is 5.28. The van der Waals surface area contributed by atoms with E-state index in [0.29, 0.717) is 99.0 Å². The maximum atomic E-state index is 13.4. The SMILES string of the molecule is CCC=N/C(C#N)=C(\C)CN1c2nc(-c3cnc(N4CCN5C(=O)N(CCCNC(=O)CNC[C@H]6OC[C@H](Nc7nccc(C(F)(F)F)n7)[C@@H](O)[C@H]6O)C[C@@H]5C4)nc3)ccc2C(=O)C1(C)C. The van der Waals surface area contributed by atoms with Crippen molar-refractivity contribution in [1.29, 1.82) is 5.26 Å². The molecule has 23 heteroatoms. The number of nitrogens with one attached hydrogen (secondary N) is 3. The minimum absolute atomic E-state index is 0.0109. The first-order valence-electron chi connectivity index (χ1n) is 21.7. The highest BCUT2D eigenvalue weighted by Gasteiger charge is 2.46. The fraction of sp³-hybridized carbons (Fsp3) is 0.535. The molecule has 0 aliphatic carbocycles. The van der Waals surface area contributed by atoms with E-state index in [4.69, 9.17) is 9.72 Å². The molecule has 7 heterocycles. The number of carbonyl (C=O) groups excluding carboxylic acids is 3. The number of aromatic nitrogens is 5. The maximum Gasteiger partial charge on any atom is 0.433 e. The summed E-state index contributed by atoms with van der Waals surface area (Å²) < 4.78 is 44.7. The van der Waals surface area contributed by atoms with Crippen LogP contribution in [0.1, 0.15) is 56.6 Å². The monoisotopic (exact) mass is 918 g/mol. The quantitative estimate of drug-likeness (QED) is 0.0784. The molecule has 66 heavy (non-hydrogen) atoms. The van der Waals surface area contributed by atoms with Crippen LogP contribution >= 0.6 is 0 Å². The van der Waals surface area contributed by atoms with Gasteiger partial charge < -0.3 is 50.5 Å². The lowest BCUT2D eigenvalue weighted by Gasteiger charge is -2.38. The molecule has 3 fully saturated rings. The van der Waals surface area contributed by atoms with Crippen molar-refractivity contribution in [2.75, 3.05) is 80.6 Å². The van der Waals surface area contributed by atoms with Gasteiger partial charge in [-0.05, 0) is 57.4 Å². The number of nitrogens with zero attached hydrogens (tertiary/aromatic N) is 11. The van der Waals surface area contributed by atoms with E-state index >= 15 is 0 Å². The summed E-state index contributed by atoms with van der Waals surface area (Å²) >= 11 is 0. The van der Waals surface area contributed by atoms with Gasteiger partial charge in [-0.1, -0.05) is 6.92 Å². The number of rotatable bonds is 16. The van der Waals surface area contributed by atoms with Crippen LogP contribution in [0.3, 0.4) is 0 Å². The summed E-state index contributed by atoms with van der Waals surface area (Å²) in [6.07, 6.45) is -1.20. The Bertz CT molecular complexity index is 2380. The van der Waals surface area contributed by atoms with Crippen molar-refractivity contribution in [2.45, 2.75) is 82.6 Å². The number of anilines is 3. The number of amides is 3. The van der Waals surface area contributed by atoms with E-state index in [0.717, 1.165) is 11.8 Å². The molecule has 0 radical (unpaired) electrons. The summed E-state index contributed by atoms with van der Waals surface area (Å²) in [5.74, 6) is 0.271. The van der Waals surface area contributed by atoms with Gasteiger partial charge in [-0.15, -0.1) is 0 Å². The molecule has 7 rings (SSSR count). The summed E-state index contributed by atoms with van der Waals surface area (Å²) in [6.45, 7) is 10.3. The Morgan fingerprint density at radius 3 is 2.59 bits per heavy atom. The van der Waals surface area contributed by atoms with Gasteiger partial charge in [0.25, 0.3) is 0 Å². The van der Waals surface area contributed by atoms with Gasteiger partial charge in [0.2, 0.25) is 17.8 Å². The smallest absolute Gasteiger partial charge is 0.388 e. The minimum atomic E-state index is -4.68. The molecule has 20 nitrogen and oxygen atoms in total. The number of halogens is 3. The van der Waals surface area contributed by atoms with Gasteiger partial charge in [0.1, 0.15) is 35.5 Å². The third kappa shape index (κ3) is 10.4. The first-order chi connectivity index (χ1) is 31.5. The largest absolute Gasteiger partial charge is 0.433 e. The summed E-state index contributed by atoms with van der Waals surface area (Å²) in [5.41, 5.74) is 0.736. The van der Waals surface area contributed by atoms with Crippen molar-refractivity contribution in [3.63, 3.8) is 0 Å². The molecular formula is C43H53F3N14O6. The molecule has 0 spiro atoms. The van der Waals surface area contributed by atoms with Crippen LogP contribution in [0, 0.1) is 11.3 Å². The molecule has 0 saturated carbocycles. The molecule has 0 unspecified atom stereocenters. The number of ketones is 1. The second-order valence-corrected chi connectivity index (χ2v) is 17.0. The summed E-state index contributed by atoms with van der Waals surface area (Å²) in [5, 5.41) is 39.1. The molecule has 5 atom stereocenters. The van der Waals surface area contributed by atoms with E-state index in [1.54, 1.807) is 35.6 Å². The fourth-order valence-electron chi connectivity index (χ4n) is 8.30. The number of fused-ring (bicyclic) bond motifs is 2. The van der Waals surface area contributed by atoms with Crippen molar-refractivity contribution < 1.29 is 42.5 Å². The number of aliphatic hydroxyl groups excluding tert-OH is 2. The molecule has 3 aromatic rings. The first-order valence-corrected chi connectivity index (χ1v) is 21.7. The third-order valence-corrected chi connectivity index (χ3v) is 12.0. The predicted molar refractivity (Wildman–Crippen MR) is 234 cm³/mol. The van der Waals surface area contributed by atoms with Gasteiger partial charge in [0.05, 0.1) is 48.1 Å². The maximum absolute atomic E-state index is 13.4. The van der Waals surface area contributed by atoms with E-state index in [9.17, 15) is 43.0 Å². The highest BCUT2D eigenvalue weighted by Crippen LogP contribution is 2.39. The molecule has 4 aliphatic heterocycles. The van der Waals surface area contributed by atoms with Crippen LogP contribution in [0.5, 0.6) is 0 Å². The average molecular weight is 919 g/mol. The first kappa shape index (κ1) is 47.6. The minimum Gasteiger partial charge on any atom is -0.388 e. The van der Waals surface area contributed by atoms with E-state index in [-0.39, 0.29) is 49.4 Å². The second kappa shape index (κ2) is 20.0. The zero-order chi connectivity index (χ0) is 47.3. The van der Waals surface area contributed by atoms with Crippen molar-refractivity contribution in [3.05, 3.63) is 59.3 Å². The molecular weight excluding hydrogens is 866 g/mol. The fourth-order valence-corrected chi connectivity index (χ4v) is 8.30. The zero-order valence-electron chi connectivity index (χ0n) is 37.0. The Balaban J connectivity index is 0.841. The number of allylic oxidation sites excluding steroid dienone is 1. The van der Waals surface area contributed by atoms with Crippen molar-refractivity contribution in [1.82, 2.24) is 45.4 Å². The Labute approximate surface area is 379 Å². The van der Waals surface area contributed by atoms with Gasteiger partial charge in [-0.3, -0.25) is 9.59 Å². The number of aliphatic hydroxyl groups is 2. The Morgan fingerprint density at radius 2 is 1.86 bits per heavy atom.